The summed E-state index contributed by atoms with van der Waals surface area (Å²) in [6, 6.07) is 25.5. The molecule has 0 fully saturated rings. The van der Waals surface area contributed by atoms with Crippen molar-refractivity contribution < 1.29 is 21.4 Å². The van der Waals surface area contributed by atoms with Gasteiger partial charge in [0.25, 0.3) is 0 Å². The Kier molecular flexibility index (Phi) is 9.56. The molecule has 3 aromatic carbocycles. The zero-order valence-electron chi connectivity index (χ0n) is 21.3. The van der Waals surface area contributed by atoms with Crippen LogP contribution in [-0.4, -0.2) is 39.8 Å². The summed E-state index contributed by atoms with van der Waals surface area (Å²) in [4.78, 5) is 1.32. The fraction of sp³-hybridized carbons (Fsp3) is 0.310. The highest BCUT2D eigenvalue weighted by molar-refractivity contribution is 7.92. The normalized spacial score (nSPS) is 14.1. The van der Waals surface area contributed by atoms with Crippen molar-refractivity contribution in [3.05, 3.63) is 114 Å². The molecular weight excluding hydrogens is 512 g/mol. The van der Waals surface area contributed by atoms with Gasteiger partial charge in [0.2, 0.25) is 9.84 Å². The topological polar surface area (TPSA) is 54.5 Å². The smallest absolute Gasteiger partial charge is 0.291 e. The van der Waals surface area contributed by atoms with Gasteiger partial charge in [-0.15, -0.1) is 0 Å². The summed E-state index contributed by atoms with van der Waals surface area (Å²) in [6.07, 6.45) is 1.16. The van der Waals surface area contributed by atoms with Gasteiger partial charge in [-0.1, -0.05) is 84.9 Å². The molecule has 0 saturated carbocycles. The molecule has 0 bridgehead atoms. The van der Waals surface area contributed by atoms with Crippen molar-refractivity contribution in [1.29, 1.82) is 0 Å². The number of nitrogens with zero attached hydrogens (tertiary/aromatic N) is 1. The quantitative estimate of drug-likeness (QED) is 0.268. The fourth-order valence-electron chi connectivity index (χ4n) is 3.71. The highest BCUT2D eigenvalue weighted by Gasteiger charge is 2.49. The van der Waals surface area contributed by atoms with E-state index in [2.05, 4.69) is 0 Å². The molecule has 37 heavy (non-hydrogen) atoms. The van der Waals surface area contributed by atoms with E-state index in [4.69, 9.17) is 0 Å². The third-order valence-electron chi connectivity index (χ3n) is 5.82. The van der Waals surface area contributed by atoms with Gasteiger partial charge < -0.3 is 0 Å². The summed E-state index contributed by atoms with van der Waals surface area (Å²) < 4.78 is 70.3. The first-order chi connectivity index (χ1) is 17.4. The van der Waals surface area contributed by atoms with E-state index in [0.717, 1.165) is 17.2 Å². The van der Waals surface area contributed by atoms with E-state index in [-0.39, 0.29) is 12.3 Å². The molecule has 0 amide bonds. The van der Waals surface area contributed by atoms with Gasteiger partial charge >= 0.3 is 5.25 Å². The predicted octanol–water partition coefficient (Wildman–Crippen LogP) is 6.23. The number of hydrogen-bond acceptors (Lipinski definition) is 4. The Hall–Kier alpha value is -2.68. The standard InChI is InChI=1S/C29H33F2NO3S2/c1-28(2,3)36(33)20-19-26(29(30,31)37(34,35)27-17-11-6-12-18-27)23-32(21-24-13-7-4-8-14-24)22-25-15-9-5-10-16-25/h4-19H,20-23H2,1-3H3/b26-19-/t36-/m0/s1. The Balaban J connectivity index is 2.03. The summed E-state index contributed by atoms with van der Waals surface area (Å²) in [5.41, 5.74) is 1.23. The Morgan fingerprint density at radius 1 is 0.811 bits per heavy atom. The zero-order valence-corrected chi connectivity index (χ0v) is 22.9. The van der Waals surface area contributed by atoms with Crippen LogP contribution in [0.25, 0.3) is 0 Å². The molecule has 4 nitrogen and oxygen atoms in total. The lowest BCUT2D eigenvalue weighted by atomic mass is 10.1. The minimum Gasteiger partial charge on any atom is -0.291 e. The lowest BCUT2D eigenvalue weighted by Crippen LogP contribution is -2.38. The summed E-state index contributed by atoms with van der Waals surface area (Å²) in [7, 11) is -6.52. The molecule has 0 radical (unpaired) electrons. The molecule has 0 saturated heterocycles. The average molecular weight is 546 g/mol. The first kappa shape index (κ1) is 28.9. The summed E-state index contributed by atoms with van der Waals surface area (Å²) in [6.45, 7) is 5.61. The third kappa shape index (κ3) is 7.66. The van der Waals surface area contributed by atoms with Crippen LogP contribution in [0.4, 0.5) is 8.78 Å². The van der Waals surface area contributed by atoms with Crippen molar-refractivity contribution in [2.45, 2.75) is 48.8 Å². The first-order valence-corrected chi connectivity index (χ1v) is 14.8. The molecule has 0 aromatic heterocycles. The molecule has 0 unspecified atom stereocenters. The molecule has 0 aliphatic heterocycles. The van der Waals surface area contributed by atoms with Crippen molar-refractivity contribution >= 4 is 20.6 Å². The van der Waals surface area contributed by atoms with E-state index in [0.29, 0.717) is 13.1 Å². The third-order valence-corrected chi connectivity index (χ3v) is 9.49. The maximum atomic E-state index is 16.0. The van der Waals surface area contributed by atoms with Crippen molar-refractivity contribution in [3.8, 4) is 0 Å². The van der Waals surface area contributed by atoms with Gasteiger partial charge in [-0.3, -0.25) is 9.11 Å². The van der Waals surface area contributed by atoms with E-state index in [1.165, 1.54) is 24.3 Å². The van der Waals surface area contributed by atoms with E-state index in [1.807, 2.05) is 60.7 Å². The van der Waals surface area contributed by atoms with Gasteiger partial charge in [-0.05, 0) is 44.0 Å². The SMILES string of the molecule is CC(C)(C)[S@@](=O)C/C=C(/CN(Cc1ccccc1)Cc1ccccc1)C(F)(F)S(=O)(=O)c1ccccc1. The molecule has 3 aromatic rings. The largest absolute Gasteiger partial charge is 0.372 e. The molecule has 8 heteroatoms. The Labute approximate surface area is 221 Å². The number of rotatable bonds is 11. The van der Waals surface area contributed by atoms with Gasteiger partial charge in [0.1, 0.15) is 0 Å². The minimum absolute atomic E-state index is 0.177. The van der Waals surface area contributed by atoms with E-state index >= 15 is 8.78 Å². The number of sulfone groups is 1. The number of halogens is 2. The van der Waals surface area contributed by atoms with Crippen LogP contribution in [0.1, 0.15) is 31.9 Å². The average Bonchev–Trinajstić information content (AvgIpc) is 2.87. The van der Waals surface area contributed by atoms with Crippen LogP contribution in [0, 0.1) is 0 Å². The second-order valence-corrected chi connectivity index (χ2v) is 14.0. The maximum absolute atomic E-state index is 16.0. The molecule has 3 rings (SSSR count). The fourth-order valence-corrected chi connectivity index (χ4v) is 5.87. The maximum Gasteiger partial charge on any atom is 0.372 e. The molecule has 0 aliphatic rings. The lowest BCUT2D eigenvalue weighted by Gasteiger charge is -2.28. The predicted molar refractivity (Wildman–Crippen MR) is 146 cm³/mol. The van der Waals surface area contributed by atoms with Crippen LogP contribution in [-0.2, 0) is 33.7 Å². The summed E-state index contributed by atoms with van der Waals surface area (Å²) >= 11 is 0. The van der Waals surface area contributed by atoms with Crippen LogP contribution >= 0.6 is 0 Å². The molecule has 1 atom stereocenters. The van der Waals surface area contributed by atoms with Gasteiger partial charge in [0, 0.05) is 46.5 Å². The Morgan fingerprint density at radius 3 is 1.68 bits per heavy atom. The number of benzene rings is 3. The van der Waals surface area contributed by atoms with Gasteiger partial charge in [-0.2, -0.15) is 8.78 Å². The van der Waals surface area contributed by atoms with Crippen molar-refractivity contribution in [2.75, 3.05) is 12.3 Å². The van der Waals surface area contributed by atoms with E-state index in [9.17, 15) is 12.6 Å². The molecule has 0 spiro atoms. The Bertz CT molecular complexity index is 1260. The van der Waals surface area contributed by atoms with Gasteiger partial charge in [0.15, 0.2) is 0 Å². The van der Waals surface area contributed by atoms with Crippen LogP contribution in [0.2, 0.25) is 0 Å². The highest BCUT2D eigenvalue weighted by atomic mass is 32.2. The van der Waals surface area contributed by atoms with Gasteiger partial charge in [0.05, 0.1) is 4.90 Å². The number of alkyl halides is 2. The number of hydrogen-bond donors (Lipinski definition) is 0. The monoisotopic (exact) mass is 545 g/mol. The first-order valence-electron chi connectivity index (χ1n) is 12.0. The second-order valence-electron chi connectivity index (χ2n) is 9.80. The molecule has 0 aliphatic carbocycles. The zero-order chi connectivity index (χ0) is 27.1. The molecule has 0 heterocycles. The van der Waals surface area contributed by atoms with Crippen molar-refractivity contribution in [1.82, 2.24) is 4.90 Å². The minimum atomic E-state index is -5.04. The van der Waals surface area contributed by atoms with Crippen molar-refractivity contribution in [2.24, 2.45) is 0 Å². The van der Waals surface area contributed by atoms with Crippen LogP contribution in [0.5, 0.6) is 0 Å². The summed E-state index contributed by atoms with van der Waals surface area (Å²) in [5.74, 6) is -0.177. The highest BCUT2D eigenvalue weighted by Crippen LogP contribution is 2.36. The molecule has 0 N–H and O–H groups in total. The summed E-state index contributed by atoms with van der Waals surface area (Å²) in [5, 5.41) is -4.19. The Morgan fingerprint density at radius 2 is 1.24 bits per heavy atom. The van der Waals surface area contributed by atoms with Crippen LogP contribution in [0.3, 0.4) is 0 Å². The van der Waals surface area contributed by atoms with Gasteiger partial charge in [-0.25, -0.2) is 8.42 Å². The second kappa shape index (κ2) is 12.2. The van der Waals surface area contributed by atoms with Crippen LogP contribution in [0.15, 0.2) is 108 Å². The van der Waals surface area contributed by atoms with Crippen molar-refractivity contribution in [3.63, 3.8) is 0 Å². The van der Waals surface area contributed by atoms with Crippen LogP contribution < -0.4 is 0 Å². The lowest BCUT2D eigenvalue weighted by molar-refractivity contribution is 0.117. The molecular formula is C29H33F2NO3S2. The molecule has 198 valence electrons. The van der Waals surface area contributed by atoms with E-state index in [1.54, 1.807) is 31.7 Å². The van der Waals surface area contributed by atoms with E-state index < -0.39 is 41.1 Å².